The van der Waals surface area contributed by atoms with Crippen molar-refractivity contribution in [2.45, 2.75) is 12.8 Å². The third-order valence-corrected chi connectivity index (χ3v) is 4.05. The summed E-state index contributed by atoms with van der Waals surface area (Å²) in [5.74, 6) is 2.40. The molecule has 0 aromatic carbocycles. The van der Waals surface area contributed by atoms with Crippen molar-refractivity contribution in [1.29, 1.82) is 0 Å². The number of piperidine rings is 1. The average Bonchev–Trinajstić information content (AvgIpc) is 2.94. The van der Waals surface area contributed by atoms with Gasteiger partial charge in [-0.15, -0.1) is 0 Å². The van der Waals surface area contributed by atoms with Gasteiger partial charge in [-0.1, -0.05) is 0 Å². The molecule has 0 radical (unpaired) electrons. The SMILES string of the molecule is CNc1nc(N2CCC(CN(C)C)CC2)c2cn[nH]c2n1. The van der Waals surface area contributed by atoms with Crippen LogP contribution < -0.4 is 10.2 Å². The van der Waals surface area contributed by atoms with E-state index in [0.29, 0.717) is 5.95 Å². The minimum atomic E-state index is 0.636. The minimum absolute atomic E-state index is 0.636. The zero-order chi connectivity index (χ0) is 14.8. The van der Waals surface area contributed by atoms with Crippen LogP contribution in [0, 0.1) is 5.92 Å². The zero-order valence-electron chi connectivity index (χ0n) is 12.9. The van der Waals surface area contributed by atoms with E-state index < -0.39 is 0 Å². The third-order valence-electron chi connectivity index (χ3n) is 4.05. The normalized spacial score (nSPS) is 16.9. The predicted octanol–water partition coefficient (Wildman–Crippen LogP) is 1.17. The van der Waals surface area contributed by atoms with Gasteiger partial charge >= 0.3 is 0 Å². The molecule has 0 unspecified atom stereocenters. The first-order valence-corrected chi connectivity index (χ1v) is 7.46. The molecule has 0 atom stereocenters. The maximum absolute atomic E-state index is 4.63. The van der Waals surface area contributed by atoms with E-state index in [1.54, 1.807) is 0 Å². The molecule has 0 spiro atoms. The van der Waals surface area contributed by atoms with Crippen molar-refractivity contribution in [1.82, 2.24) is 25.1 Å². The molecule has 3 heterocycles. The Kier molecular flexibility index (Phi) is 3.92. The molecular formula is C14H23N7. The number of rotatable bonds is 4. The number of hydrogen-bond donors (Lipinski definition) is 2. The summed E-state index contributed by atoms with van der Waals surface area (Å²) in [5, 5.41) is 11.1. The Bertz CT molecular complexity index is 598. The van der Waals surface area contributed by atoms with E-state index in [0.717, 1.165) is 35.9 Å². The Labute approximate surface area is 124 Å². The Balaban J connectivity index is 1.80. The molecule has 114 valence electrons. The van der Waals surface area contributed by atoms with Crippen LogP contribution in [0.4, 0.5) is 11.8 Å². The summed E-state index contributed by atoms with van der Waals surface area (Å²) >= 11 is 0. The maximum Gasteiger partial charge on any atom is 0.226 e. The fourth-order valence-electron chi connectivity index (χ4n) is 3.02. The van der Waals surface area contributed by atoms with Gasteiger partial charge in [-0.05, 0) is 32.9 Å². The van der Waals surface area contributed by atoms with Crippen molar-refractivity contribution >= 4 is 22.8 Å². The van der Waals surface area contributed by atoms with Crippen molar-refractivity contribution in [3.8, 4) is 0 Å². The number of aromatic nitrogens is 4. The Morgan fingerprint density at radius 3 is 2.76 bits per heavy atom. The fourth-order valence-corrected chi connectivity index (χ4v) is 3.02. The van der Waals surface area contributed by atoms with Gasteiger partial charge in [-0.25, -0.2) is 0 Å². The molecule has 0 bridgehead atoms. The van der Waals surface area contributed by atoms with E-state index in [1.165, 1.54) is 19.4 Å². The molecule has 0 aliphatic carbocycles. The first kappa shape index (κ1) is 14.1. The summed E-state index contributed by atoms with van der Waals surface area (Å²) in [6.45, 7) is 3.25. The van der Waals surface area contributed by atoms with Crippen LogP contribution in [0.2, 0.25) is 0 Å². The van der Waals surface area contributed by atoms with Crippen LogP contribution in [0.5, 0.6) is 0 Å². The first-order chi connectivity index (χ1) is 10.2. The molecule has 0 saturated carbocycles. The third kappa shape index (κ3) is 2.92. The van der Waals surface area contributed by atoms with E-state index >= 15 is 0 Å². The molecule has 3 rings (SSSR count). The molecule has 2 N–H and O–H groups in total. The number of fused-ring (bicyclic) bond motifs is 1. The molecule has 7 heteroatoms. The van der Waals surface area contributed by atoms with Gasteiger partial charge in [0.2, 0.25) is 5.95 Å². The molecule has 7 nitrogen and oxygen atoms in total. The van der Waals surface area contributed by atoms with Crippen molar-refractivity contribution < 1.29 is 0 Å². The second kappa shape index (κ2) is 5.85. The van der Waals surface area contributed by atoms with E-state index in [2.05, 4.69) is 49.4 Å². The summed E-state index contributed by atoms with van der Waals surface area (Å²) < 4.78 is 0. The summed E-state index contributed by atoms with van der Waals surface area (Å²) in [7, 11) is 6.13. The number of anilines is 2. The second-order valence-corrected chi connectivity index (χ2v) is 5.95. The molecular weight excluding hydrogens is 266 g/mol. The van der Waals surface area contributed by atoms with Gasteiger partial charge in [0.05, 0.1) is 11.6 Å². The smallest absolute Gasteiger partial charge is 0.226 e. The van der Waals surface area contributed by atoms with E-state index in [-0.39, 0.29) is 0 Å². The molecule has 1 fully saturated rings. The molecule has 1 aliphatic rings. The summed E-state index contributed by atoms with van der Waals surface area (Å²) in [4.78, 5) is 13.7. The first-order valence-electron chi connectivity index (χ1n) is 7.46. The highest BCUT2D eigenvalue weighted by molar-refractivity contribution is 5.87. The van der Waals surface area contributed by atoms with Crippen LogP contribution in [0.1, 0.15) is 12.8 Å². The number of nitrogens with one attached hydrogen (secondary N) is 2. The minimum Gasteiger partial charge on any atom is -0.357 e. The van der Waals surface area contributed by atoms with Crippen molar-refractivity contribution in [3.05, 3.63) is 6.20 Å². The van der Waals surface area contributed by atoms with Crippen LogP contribution in [0.3, 0.4) is 0 Å². The zero-order valence-corrected chi connectivity index (χ0v) is 12.9. The van der Waals surface area contributed by atoms with E-state index in [9.17, 15) is 0 Å². The van der Waals surface area contributed by atoms with Crippen LogP contribution in [-0.2, 0) is 0 Å². The van der Waals surface area contributed by atoms with Gasteiger partial charge < -0.3 is 15.1 Å². The van der Waals surface area contributed by atoms with Crippen molar-refractivity contribution in [3.63, 3.8) is 0 Å². The predicted molar refractivity (Wildman–Crippen MR) is 84.7 cm³/mol. The maximum atomic E-state index is 4.63. The number of aromatic amines is 1. The Morgan fingerprint density at radius 1 is 1.33 bits per heavy atom. The molecule has 2 aromatic heterocycles. The molecule has 1 saturated heterocycles. The van der Waals surface area contributed by atoms with Crippen LogP contribution in [0.25, 0.3) is 11.0 Å². The van der Waals surface area contributed by atoms with Gasteiger partial charge in [0, 0.05) is 26.7 Å². The van der Waals surface area contributed by atoms with Gasteiger partial charge in [-0.3, -0.25) is 5.10 Å². The van der Waals surface area contributed by atoms with E-state index in [1.807, 2.05) is 13.2 Å². The van der Waals surface area contributed by atoms with Crippen LogP contribution >= 0.6 is 0 Å². The quantitative estimate of drug-likeness (QED) is 0.880. The van der Waals surface area contributed by atoms with Crippen molar-refractivity contribution in [2.24, 2.45) is 5.92 Å². The highest BCUT2D eigenvalue weighted by Gasteiger charge is 2.23. The number of nitrogens with zero attached hydrogens (tertiary/aromatic N) is 5. The fraction of sp³-hybridized carbons (Fsp3) is 0.643. The molecule has 21 heavy (non-hydrogen) atoms. The summed E-state index contributed by atoms with van der Waals surface area (Å²) in [5.41, 5.74) is 0.791. The summed E-state index contributed by atoms with van der Waals surface area (Å²) in [6.07, 6.45) is 4.23. The van der Waals surface area contributed by atoms with Crippen molar-refractivity contribution in [2.75, 3.05) is 51.0 Å². The summed E-state index contributed by atoms with van der Waals surface area (Å²) in [6, 6.07) is 0. The van der Waals surface area contributed by atoms with Crippen LogP contribution in [0.15, 0.2) is 6.20 Å². The topological polar surface area (TPSA) is 73.0 Å². The van der Waals surface area contributed by atoms with Gasteiger partial charge in [0.15, 0.2) is 5.65 Å². The Hall–Kier alpha value is -1.89. The largest absolute Gasteiger partial charge is 0.357 e. The molecule has 2 aromatic rings. The van der Waals surface area contributed by atoms with E-state index in [4.69, 9.17) is 0 Å². The average molecular weight is 289 g/mol. The number of H-pyrrole nitrogens is 1. The lowest BCUT2D eigenvalue weighted by atomic mass is 9.96. The highest BCUT2D eigenvalue weighted by atomic mass is 15.3. The van der Waals surface area contributed by atoms with Gasteiger partial charge in [-0.2, -0.15) is 15.1 Å². The van der Waals surface area contributed by atoms with Gasteiger partial charge in [0.25, 0.3) is 0 Å². The lowest BCUT2D eigenvalue weighted by Gasteiger charge is -2.34. The lowest BCUT2D eigenvalue weighted by molar-refractivity contribution is 0.285. The monoisotopic (exact) mass is 289 g/mol. The van der Waals surface area contributed by atoms with Gasteiger partial charge in [0.1, 0.15) is 5.82 Å². The molecule has 0 amide bonds. The molecule has 1 aliphatic heterocycles. The lowest BCUT2D eigenvalue weighted by Crippen LogP contribution is -2.37. The van der Waals surface area contributed by atoms with Crippen LogP contribution in [-0.4, -0.2) is 65.8 Å². The standard InChI is InChI=1S/C14H23N7/c1-15-14-17-12-11(8-16-19-12)13(18-14)21-6-4-10(5-7-21)9-20(2)3/h8,10H,4-7,9H2,1-3H3,(H2,15,16,17,18,19). The number of hydrogen-bond acceptors (Lipinski definition) is 6. The second-order valence-electron chi connectivity index (χ2n) is 5.95. The highest BCUT2D eigenvalue weighted by Crippen LogP contribution is 2.28. The Morgan fingerprint density at radius 2 is 2.10 bits per heavy atom.